The van der Waals surface area contributed by atoms with Gasteiger partial charge in [-0.1, -0.05) is 18.5 Å². The molecule has 0 aliphatic rings. The van der Waals surface area contributed by atoms with Gasteiger partial charge in [0.25, 0.3) is 5.82 Å². The molecule has 1 heterocycles. The molecular weight excluding hydrogens is 282 g/mol. The lowest BCUT2D eigenvalue weighted by Gasteiger charge is -2.08. The van der Waals surface area contributed by atoms with Gasteiger partial charge in [0.15, 0.2) is 0 Å². The van der Waals surface area contributed by atoms with Gasteiger partial charge in [0.1, 0.15) is 11.6 Å². The Bertz CT molecular complexity index is 640. The quantitative estimate of drug-likeness (QED) is 0.917. The van der Waals surface area contributed by atoms with Crippen LogP contribution in [-0.4, -0.2) is 33.0 Å². The molecule has 0 spiro atoms. The van der Waals surface area contributed by atoms with Crippen LogP contribution in [0.2, 0.25) is 5.02 Å². The Hall–Kier alpha value is -2.08. The highest BCUT2D eigenvalue weighted by Crippen LogP contribution is 2.27. The van der Waals surface area contributed by atoms with Crippen molar-refractivity contribution in [1.82, 2.24) is 14.8 Å². The number of ether oxygens (including phenoxy) is 1. The molecule has 6 nitrogen and oxygen atoms in total. The highest BCUT2D eigenvalue weighted by molar-refractivity contribution is 6.32. The first-order chi connectivity index (χ1) is 9.56. The van der Waals surface area contributed by atoms with Gasteiger partial charge in [-0.3, -0.25) is 0 Å². The number of aromatic nitrogens is 3. The molecule has 0 unspecified atom stereocenters. The smallest absolute Gasteiger partial charge is 0.375 e. The summed E-state index contributed by atoms with van der Waals surface area (Å²) in [5, 5.41) is 13.5. The van der Waals surface area contributed by atoms with Gasteiger partial charge in [0.05, 0.1) is 17.8 Å². The summed E-state index contributed by atoms with van der Waals surface area (Å²) in [5.41, 5.74) is 0.662. The zero-order valence-electron chi connectivity index (χ0n) is 11.1. The molecular formula is C13H14ClN3O3. The maximum Gasteiger partial charge on any atom is 0.375 e. The molecule has 2 rings (SSSR count). The predicted molar refractivity (Wildman–Crippen MR) is 73.9 cm³/mol. The lowest BCUT2D eigenvalue weighted by molar-refractivity contribution is 0.0683. The Morgan fingerprint density at radius 1 is 1.50 bits per heavy atom. The number of halogens is 1. The van der Waals surface area contributed by atoms with E-state index >= 15 is 0 Å². The van der Waals surface area contributed by atoms with Gasteiger partial charge >= 0.3 is 5.97 Å². The van der Waals surface area contributed by atoms with Crippen molar-refractivity contribution in [2.24, 2.45) is 0 Å². The number of methoxy groups -OCH3 is 1. The predicted octanol–water partition coefficient (Wildman–Crippen LogP) is 2.58. The van der Waals surface area contributed by atoms with Gasteiger partial charge < -0.3 is 9.84 Å². The van der Waals surface area contributed by atoms with Crippen LogP contribution in [0, 0.1) is 0 Å². The second kappa shape index (κ2) is 5.92. The minimum absolute atomic E-state index is 0.220. The Morgan fingerprint density at radius 2 is 2.25 bits per heavy atom. The largest absolute Gasteiger partial charge is 0.495 e. The summed E-state index contributed by atoms with van der Waals surface area (Å²) in [7, 11) is 1.52. The van der Waals surface area contributed by atoms with Crippen LogP contribution in [0.5, 0.6) is 5.75 Å². The average molecular weight is 296 g/mol. The SMILES string of the molecule is CCCc1nc(C(=O)O)nn1-c1ccc(Cl)c(OC)c1. The standard InChI is InChI=1S/C13H14ClN3O3/c1-3-4-11-15-12(13(18)19)16-17(11)8-5-6-9(14)10(7-8)20-2/h5-7H,3-4H2,1-2H3,(H,18,19). The zero-order valence-corrected chi connectivity index (χ0v) is 11.9. The molecule has 0 amide bonds. The van der Waals surface area contributed by atoms with Gasteiger partial charge in [-0.05, 0) is 18.6 Å². The van der Waals surface area contributed by atoms with E-state index in [2.05, 4.69) is 10.1 Å². The van der Waals surface area contributed by atoms with Crippen LogP contribution in [0.1, 0.15) is 29.8 Å². The molecule has 0 radical (unpaired) electrons. The van der Waals surface area contributed by atoms with E-state index in [-0.39, 0.29) is 5.82 Å². The first kappa shape index (κ1) is 14.3. The third-order valence-electron chi connectivity index (χ3n) is 2.72. The van der Waals surface area contributed by atoms with Gasteiger partial charge in [-0.2, -0.15) is 0 Å². The number of aryl methyl sites for hydroxylation is 1. The van der Waals surface area contributed by atoms with Crippen molar-refractivity contribution in [3.63, 3.8) is 0 Å². The molecule has 0 aliphatic heterocycles. The van der Waals surface area contributed by atoms with Crippen LogP contribution >= 0.6 is 11.6 Å². The molecule has 1 aromatic carbocycles. The number of carboxylic acids is 1. The third kappa shape index (κ3) is 2.75. The van der Waals surface area contributed by atoms with Crippen LogP contribution in [-0.2, 0) is 6.42 Å². The highest BCUT2D eigenvalue weighted by Gasteiger charge is 2.16. The number of aromatic carboxylic acids is 1. The number of hydrogen-bond donors (Lipinski definition) is 1. The molecule has 0 bridgehead atoms. The summed E-state index contributed by atoms with van der Waals surface area (Å²) < 4.78 is 6.66. The normalized spacial score (nSPS) is 10.6. The van der Waals surface area contributed by atoms with Crippen LogP contribution in [0.25, 0.3) is 5.69 Å². The van der Waals surface area contributed by atoms with Crippen LogP contribution in [0.3, 0.4) is 0 Å². The maximum atomic E-state index is 11.0. The molecule has 0 atom stereocenters. The molecule has 0 saturated heterocycles. The van der Waals surface area contributed by atoms with Crippen molar-refractivity contribution < 1.29 is 14.6 Å². The fraction of sp³-hybridized carbons (Fsp3) is 0.308. The number of nitrogens with zero attached hydrogens (tertiary/aromatic N) is 3. The van der Waals surface area contributed by atoms with E-state index in [1.54, 1.807) is 18.2 Å². The third-order valence-corrected chi connectivity index (χ3v) is 3.03. The summed E-state index contributed by atoms with van der Waals surface area (Å²) in [4.78, 5) is 15.0. The molecule has 7 heteroatoms. The number of rotatable bonds is 5. The van der Waals surface area contributed by atoms with E-state index in [4.69, 9.17) is 21.4 Å². The van der Waals surface area contributed by atoms with Gasteiger partial charge in [0.2, 0.25) is 0 Å². The monoisotopic (exact) mass is 295 g/mol. The van der Waals surface area contributed by atoms with E-state index in [9.17, 15) is 4.79 Å². The molecule has 0 saturated carbocycles. The van der Waals surface area contributed by atoms with Crippen LogP contribution in [0.4, 0.5) is 0 Å². The Morgan fingerprint density at radius 3 is 2.85 bits per heavy atom. The highest BCUT2D eigenvalue weighted by atomic mass is 35.5. The second-order valence-corrected chi connectivity index (χ2v) is 4.54. The fourth-order valence-electron chi connectivity index (χ4n) is 1.81. The molecule has 1 N–H and O–H groups in total. The summed E-state index contributed by atoms with van der Waals surface area (Å²) in [5.74, 6) is -0.280. The van der Waals surface area contributed by atoms with E-state index in [0.717, 1.165) is 6.42 Å². The van der Waals surface area contributed by atoms with Crippen molar-refractivity contribution in [2.45, 2.75) is 19.8 Å². The first-order valence-corrected chi connectivity index (χ1v) is 6.47. The molecule has 1 aromatic heterocycles. The van der Waals surface area contributed by atoms with E-state index in [1.165, 1.54) is 11.8 Å². The van der Waals surface area contributed by atoms with Crippen LogP contribution in [0.15, 0.2) is 18.2 Å². The van der Waals surface area contributed by atoms with Gasteiger partial charge in [-0.15, -0.1) is 5.10 Å². The summed E-state index contributed by atoms with van der Waals surface area (Å²) in [6.07, 6.45) is 1.47. The first-order valence-electron chi connectivity index (χ1n) is 6.10. The minimum atomic E-state index is -1.15. The number of carboxylic acid groups (broad SMARTS) is 1. The molecule has 20 heavy (non-hydrogen) atoms. The van der Waals surface area contributed by atoms with Crippen molar-refractivity contribution in [3.8, 4) is 11.4 Å². The Labute approximate surface area is 121 Å². The summed E-state index contributed by atoms with van der Waals surface area (Å²) in [6, 6.07) is 5.11. The topological polar surface area (TPSA) is 77.2 Å². The molecule has 0 aliphatic carbocycles. The van der Waals surface area contributed by atoms with E-state index in [1.807, 2.05) is 6.92 Å². The average Bonchev–Trinajstić information content (AvgIpc) is 2.84. The number of hydrogen-bond acceptors (Lipinski definition) is 4. The fourth-order valence-corrected chi connectivity index (χ4v) is 2.00. The van der Waals surface area contributed by atoms with Gasteiger partial charge in [0, 0.05) is 12.5 Å². The molecule has 2 aromatic rings. The van der Waals surface area contributed by atoms with Crippen molar-refractivity contribution in [3.05, 3.63) is 34.9 Å². The summed E-state index contributed by atoms with van der Waals surface area (Å²) in [6.45, 7) is 1.99. The van der Waals surface area contributed by atoms with Crippen LogP contribution < -0.4 is 4.74 Å². The Kier molecular flexibility index (Phi) is 4.24. The molecule has 0 fully saturated rings. The minimum Gasteiger partial charge on any atom is -0.495 e. The molecule has 106 valence electrons. The summed E-state index contributed by atoms with van der Waals surface area (Å²) >= 11 is 5.98. The van der Waals surface area contributed by atoms with E-state index < -0.39 is 5.97 Å². The lowest BCUT2D eigenvalue weighted by Crippen LogP contribution is -2.04. The number of carbonyl (C=O) groups is 1. The zero-order chi connectivity index (χ0) is 14.7. The van der Waals surface area contributed by atoms with Crippen molar-refractivity contribution >= 4 is 17.6 Å². The Balaban J connectivity index is 2.52. The lowest BCUT2D eigenvalue weighted by atomic mass is 10.2. The number of benzene rings is 1. The van der Waals surface area contributed by atoms with Gasteiger partial charge in [-0.25, -0.2) is 14.5 Å². The maximum absolute atomic E-state index is 11.0. The van der Waals surface area contributed by atoms with Crippen molar-refractivity contribution in [1.29, 1.82) is 0 Å². The van der Waals surface area contributed by atoms with Crippen molar-refractivity contribution in [2.75, 3.05) is 7.11 Å². The van der Waals surface area contributed by atoms with E-state index in [0.29, 0.717) is 28.7 Å². The second-order valence-electron chi connectivity index (χ2n) is 4.14.